The molecular formula is C23H26N6O3. The number of carbonyl (C=O) groups excluding carboxylic acids is 1. The molecule has 1 aliphatic heterocycles. The van der Waals surface area contributed by atoms with Crippen LogP contribution in [0.1, 0.15) is 15.9 Å². The first kappa shape index (κ1) is 21.4. The first-order valence-electron chi connectivity index (χ1n) is 10.4. The number of nitrogens with one attached hydrogen (secondary N) is 1. The number of benzene rings is 1. The minimum atomic E-state index is -0.0434. The van der Waals surface area contributed by atoms with Gasteiger partial charge in [0.15, 0.2) is 11.6 Å². The maximum atomic E-state index is 13.0. The highest BCUT2D eigenvalue weighted by Gasteiger charge is 2.24. The number of aromatic nitrogens is 3. The number of aryl methyl sites for hydroxylation is 1. The SMILES string of the molecule is COc1cc(OC)cc(C(=O)N2CCN(c3ccc(Nc4cc(C)ccn4)nn3)CC2)c1. The smallest absolute Gasteiger partial charge is 0.254 e. The number of carbonyl (C=O) groups is 1. The number of hydrogen-bond donors (Lipinski definition) is 1. The van der Waals surface area contributed by atoms with E-state index in [4.69, 9.17) is 9.47 Å². The van der Waals surface area contributed by atoms with Gasteiger partial charge < -0.3 is 24.6 Å². The second kappa shape index (κ2) is 9.51. The number of methoxy groups -OCH3 is 2. The molecular weight excluding hydrogens is 408 g/mol. The summed E-state index contributed by atoms with van der Waals surface area (Å²) in [6, 6.07) is 12.9. The molecule has 2 aromatic heterocycles. The number of amides is 1. The number of anilines is 3. The molecule has 0 bridgehead atoms. The highest BCUT2D eigenvalue weighted by molar-refractivity contribution is 5.95. The summed E-state index contributed by atoms with van der Waals surface area (Å²) in [6.07, 6.45) is 1.75. The van der Waals surface area contributed by atoms with Crippen molar-refractivity contribution in [2.24, 2.45) is 0 Å². The Kier molecular flexibility index (Phi) is 6.34. The lowest BCUT2D eigenvalue weighted by Gasteiger charge is -2.35. The van der Waals surface area contributed by atoms with Crippen LogP contribution in [0.15, 0.2) is 48.7 Å². The average Bonchev–Trinajstić information content (AvgIpc) is 2.84. The monoisotopic (exact) mass is 434 g/mol. The summed E-state index contributed by atoms with van der Waals surface area (Å²) < 4.78 is 10.6. The molecule has 0 radical (unpaired) electrons. The maximum Gasteiger partial charge on any atom is 0.254 e. The lowest BCUT2D eigenvalue weighted by molar-refractivity contribution is 0.0745. The van der Waals surface area contributed by atoms with Crippen molar-refractivity contribution in [3.63, 3.8) is 0 Å². The van der Waals surface area contributed by atoms with E-state index in [0.717, 1.165) is 17.2 Å². The first-order chi connectivity index (χ1) is 15.6. The third kappa shape index (κ3) is 4.88. The summed E-state index contributed by atoms with van der Waals surface area (Å²) in [5.74, 6) is 3.29. The zero-order valence-corrected chi connectivity index (χ0v) is 18.4. The van der Waals surface area contributed by atoms with Crippen molar-refractivity contribution in [3.05, 3.63) is 59.8 Å². The third-order valence-corrected chi connectivity index (χ3v) is 5.31. The molecule has 166 valence electrons. The molecule has 0 saturated carbocycles. The van der Waals surface area contributed by atoms with Gasteiger partial charge in [0.1, 0.15) is 17.3 Å². The zero-order chi connectivity index (χ0) is 22.5. The Labute approximate surface area is 187 Å². The molecule has 9 nitrogen and oxygen atoms in total. The fourth-order valence-corrected chi connectivity index (χ4v) is 3.55. The van der Waals surface area contributed by atoms with Crippen molar-refractivity contribution >= 4 is 23.4 Å². The van der Waals surface area contributed by atoms with Crippen LogP contribution in [0.4, 0.5) is 17.5 Å². The van der Waals surface area contributed by atoms with Crippen molar-refractivity contribution < 1.29 is 14.3 Å². The van der Waals surface area contributed by atoms with E-state index in [1.54, 1.807) is 38.6 Å². The molecule has 0 aliphatic carbocycles. The summed E-state index contributed by atoms with van der Waals surface area (Å²) in [5, 5.41) is 11.8. The molecule has 0 unspecified atom stereocenters. The average molecular weight is 435 g/mol. The second-order valence-corrected chi connectivity index (χ2v) is 7.50. The molecule has 9 heteroatoms. The van der Waals surface area contributed by atoms with Gasteiger partial charge >= 0.3 is 0 Å². The molecule has 1 saturated heterocycles. The number of rotatable bonds is 6. The normalized spacial score (nSPS) is 13.6. The van der Waals surface area contributed by atoms with Crippen molar-refractivity contribution in [1.82, 2.24) is 20.1 Å². The predicted octanol–water partition coefficient (Wildman–Crippen LogP) is 2.90. The van der Waals surface area contributed by atoms with Crippen LogP contribution in [-0.4, -0.2) is 66.4 Å². The van der Waals surface area contributed by atoms with E-state index in [2.05, 4.69) is 25.4 Å². The molecule has 32 heavy (non-hydrogen) atoms. The van der Waals surface area contributed by atoms with Gasteiger partial charge in [-0.1, -0.05) is 0 Å². The van der Waals surface area contributed by atoms with Crippen molar-refractivity contribution in [1.29, 1.82) is 0 Å². The molecule has 1 aromatic carbocycles. The van der Waals surface area contributed by atoms with Crippen LogP contribution < -0.4 is 19.7 Å². The van der Waals surface area contributed by atoms with Crippen LogP contribution >= 0.6 is 0 Å². The van der Waals surface area contributed by atoms with Crippen molar-refractivity contribution in [2.45, 2.75) is 6.92 Å². The first-order valence-corrected chi connectivity index (χ1v) is 10.4. The van der Waals surface area contributed by atoms with Gasteiger partial charge in [-0.15, -0.1) is 10.2 Å². The van der Waals surface area contributed by atoms with Crippen LogP contribution in [-0.2, 0) is 0 Å². The van der Waals surface area contributed by atoms with Crippen LogP contribution in [0.2, 0.25) is 0 Å². The Hall–Kier alpha value is -3.88. The molecule has 3 heterocycles. The molecule has 1 amide bonds. The van der Waals surface area contributed by atoms with Gasteiger partial charge in [0.2, 0.25) is 0 Å². The van der Waals surface area contributed by atoms with Gasteiger partial charge in [-0.2, -0.15) is 0 Å². The molecule has 1 aliphatic rings. The molecule has 0 atom stereocenters. The summed E-state index contributed by atoms with van der Waals surface area (Å²) in [7, 11) is 3.14. The Balaban J connectivity index is 1.37. The fourth-order valence-electron chi connectivity index (χ4n) is 3.55. The minimum Gasteiger partial charge on any atom is -0.497 e. The molecule has 1 fully saturated rings. The Morgan fingerprint density at radius 2 is 1.62 bits per heavy atom. The van der Waals surface area contributed by atoms with E-state index in [9.17, 15) is 4.79 Å². The fraction of sp³-hybridized carbons (Fsp3) is 0.304. The number of nitrogens with zero attached hydrogens (tertiary/aromatic N) is 5. The molecule has 1 N–H and O–H groups in total. The quantitative estimate of drug-likeness (QED) is 0.633. The van der Waals surface area contributed by atoms with Crippen molar-refractivity contribution in [3.8, 4) is 11.5 Å². The van der Waals surface area contributed by atoms with Gasteiger partial charge in [0.25, 0.3) is 5.91 Å². The Bertz CT molecular complexity index is 1060. The summed E-state index contributed by atoms with van der Waals surface area (Å²) in [5.41, 5.74) is 1.67. The Morgan fingerprint density at radius 1 is 0.906 bits per heavy atom. The highest BCUT2D eigenvalue weighted by atomic mass is 16.5. The molecule has 4 rings (SSSR count). The van der Waals surface area contributed by atoms with Crippen LogP contribution in [0.5, 0.6) is 11.5 Å². The minimum absolute atomic E-state index is 0.0434. The van der Waals surface area contributed by atoms with Gasteiger partial charge in [-0.05, 0) is 48.9 Å². The van der Waals surface area contributed by atoms with E-state index in [-0.39, 0.29) is 5.91 Å². The third-order valence-electron chi connectivity index (χ3n) is 5.31. The van der Waals surface area contributed by atoms with E-state index in [1.807, 2.05) is 36.1 Å². The number of ether oxygens (including phenoxy) is 2. The Morgan fingerprint density at radius 3 is 2.22 bits per heavy atom. The lowest BCUT2D eigenvalue weighted by Crippen LogP contribution is -2.49. The van der Waals surface area contributed by atoms with Crippen LogP contribution in [0.3, 0.4) is 0 Å². The standard InChI is InChI=1S/C23H26N6O3/c1-16-6-7-24-21(12-16)25-20-4-5-22(27-26-20)28-8-10-29(11-9-28)23(30)17-13-18(31-2)15-19(14-17)32-3/h4-7,12-15H,8-11H2,1-3H3,(H,24,25,26). The summed E-state index contributed by atoms with van der Waals surface area (Å²) in [6.45, 7) is 4.54. The number of pyridine rings is 1. The second-order valence-electron chi connectivity index (χ2n) is 7.50. The van der Waals surface area contributed by atoms with Gasteiger partial charge in [0.05, 0.1) is 14.2 Å². The summed E-state index contributed by atoms with van der Waals surface area (Å²) in [4.78, 5) is 21.2. The predicted molar refractivity (Wildman–Crippen MR) is 122 cm³/mol. The zero-order valence-electron chi connectivity index (χ0n) is 18.4. The van der Waals surface area contributed by atoms with E-state index >= 15 is 0 Å². The van der Waals surface area contributed by atoms with Gasteiger partial charge in [-0.25, -0.2) is 4.98 Å². The number of hydrogen-bond acceptors (Lipinski definition) is 8. The van der Waals surface area contributed by atoms with Crippen LogP contribution in [0, 0.1) is 6.92 Å². The maximum absolute atomic E-state index is 13.0. The van der Waals surface area contributed by atoms with E-state index in [1.165, 1.54) is 0 Å². The lowest BCUT2D eigenvalue weighted by atomic mass is 10.1. The topological polar surface area (TPSA) is 92.7 Å². The molecule has 0 spiro atoms. The largest absolute Gasteiger partial charge is 0.497 e. The van der Waals surface area contributed by atoms with Gasteiger partial charge in [-0.3, -0.25) is 4.79 Å². The van der Waals surface area contributed by atoms with E-state index < -0.39 is 0 Å². The van der Waals surface area contributed by atoms with Crippen molar-refractivity contribution in [2.75, 3.05) is 50.6 Å². The summed E-state index contributed by atoms with van der Waals surface area (Å²) >= 11 is 0. The molecule has 3 aromatic rings. The van der Waals surface area contributed by atoms with E-state index in [0.29, 0.717) is 49.1 Å². The van der Waals surface area contributed by atoms with Gasteiger partial charge in [0, 0.05) is 44.0 Å². The highest BCUT2D eigenvalue weighted by Crippen LogP contribution is 2.24. The number of piperazine rings is 1. The van der Waals surface area contributed by atoms with Crippen LogP contribution in [0.25, 0.3) is 0 Å².